The minimum Gasteiger partial charge on any atom is -0.481 e. The average molecular weight is 523 g/mol. The van der Waals surface area contributed by atoms with Gasteiger partial charge in [0.25, 0.3) is 0 Å². The number of aryl methyl sites for hydroxylation is 2. The molecule has 5 aromatic rings. The largest absolute Gasteiger partial charge is 0.481 e. The highest BCUT2D eigenvalue weighted by Crippen LogP contribution is 2.28. The molecule has 0 spiro atoms. The van der Waals surface area contributed by atoms with Crippen molar-refractivity contribution in [3.05, 3.63) is 84.4 Å². The molecule has 2 N–H and O–H groups in total. The molecule has 39 heavy (non-hydrogen) atoms. The van der Waals surface area contributed by atoms with Crippen LogP contribution in [0.3, 0.4) is 0 Å². The molecule has 9 nitrogen and oxygen atoms in total. The summed E-state index contributed by atoms with van der Waals surface area (Å²) in [5.41, 5.74) is 6.70. The van der Waals surface area contributed by atoms with Crippen molar-refractivity contribution in [3.63, 3.8) is 0 Å². The number of nitrogens with one attached hydrogen (secondary N) is 1. The molecular weight excluding hydrogens is 492 g/mol. The number of carbonyl (C=O) groups is 1. The number of ether oxygens (including phenoxy) is 1. The number of anilines is 2. The zero-order chi connectivity index (χ0) is 26.6. The van der Waals surface area contributed by atoms with Crippen LogP contribution >= 0.6 is 0 Å². The fourth-order valence-corrected chi connectivity index (χ4v) is 4.92. The van der Waals surface area contributed by atoms with E-state index in [0.29, 0.717) is 19.8 Å². The van der Waals surface area contributed by atoms with Crippen molar-refractivity contribution in [1.82, 2.24) is 19.4 Å². The van der Waals surface area contributed by atoms with Crippen molar-refractivity contribution in [2.24, 2.45) is 0 Å². The molecule has 1 aliphatic heterocycles. The Morgan fingerprint density at radius 1 is 0.949 bits per heavy atom. The summed E-state index contributed by atoms with van der Waals surface area (Å²) in [6.45, 7) is 3.29. The second kappa shape index (κ2) is 11.1. The molecule has 0 bridgehead atoms. The van der Waals surface area contributed by atoms with E-state index in [0.717, 1.165) is 76.6 Å². The molecule has 0 saturated carbocycles. The van der Waals surface area contributed by atoms with Crippen LogP contribution in [0.2, 0.25) is 0 Å². The number of morpholine rings is 1. The van der Waals surface area contributed by atoms with Crippen LogP contribution in [-0.2, 0) is 22.4 Å². The van der Waals surface area contributed by atoms with Crippen molar-refractivity contribution in [2.75, 3.05) is 43.1 Å². The van der Waals surface area contributed by atoms with E-state index in [9.17, 15) is 4.79 Å². The van der Waals surface area contributed by atoms with Crippen molar-refractivity contribution in [1.29, 1.82) is 0 Å². The smallest absolute Gasteiger partial charge is 0.305 e. The fraction of sp³-hybridized carbons (Fsp3) is 0.267. The van der Waals surface area contributed by atoms with Crippen LogP contribution in [0.5, 0.6) is 0 Å². The number of carboxylic acids is 1. The number of carboxylic acid groups (broad SMARTS) is 1. The molecule has 0 radical (unpaired) electrons. The highest BCUT2D eigenvalue weighted by atomic mass is 16.5. The van der Waals surface area contributed by atoms with E-state index in [-0.39, 0.29) is 6.42 Å². The Hall–Kier alpha value is -4.50. The lowest BCUT2D eigenvalue weighted by atomic mass is 10.1. The van der Waals surface area contributed by atoms with Crippen LogP contribution in [0, 0.1) is 0 Å². The SMILES string of the molecule is O=C(O)CCNc1ccc(-c2cnc(N3CCOCC3)c3nc(CCc4ccc5ccccc5n4)cn23)cc1. The molecule has 4 heterocycles. The summed E-state index contributed by atoms with van der Waals surface area (Å²) in [4.78, 5) is 27.8. The van der Waals surface area contributed by atoms with Crippen LogP contribution in [0.4, 0.5) is 11.5 Å². The van der Waals surface area contributed by atoms with Gasteiger partial charge >= 0.3 is 5.97 Å². The maximum absolute atomic E-state index is 10.8. The number of imidazole rings is 1. The first-order valence-electron chi connectivity index (χ1n) is 13.2. The van der Waals surface area contributed by atoms with E-state index in [2.05, 4.69) is 39.0 Å². The Morgan fingerprint density at radius 2 is 1.74 bits per heavy atom. The van der Waals surface area contributed by atoms with Crippen LogP contribution in [0.15, 0.2) is 73.1 Å². The van der Waals surface area contributed by atoms with Crippen molar-refractivity contribution in [3.8, 4) is 11.3 Å². The van der Waals surface area contributed by atoms with Gasteiger partial charge in [0.2, 0.25) is 0 Å². The molecule has 0 aliphatic carbocycles. The predicted octanol–water partition coefficient (Wildman–Crippen LogP) is 4.45. The lowest BCUT2D eigenvalue weighted by Gasteiger charge is -2.28. The molecular formula is C30H30N6O3. The Morgan fingerprint density at radius 3 is 2.56 bits per heavy atom. The van der Waals surface area contributed by atoms with Gasteiger partial charge in [0.1, 0.15) is 0 Å². The molecule has 6 rings (SSSR count). The van der Waals surface area contributed by atoms with Gasteiger partial charge in [0.05, 0.1) is 42.7 Å². The maximum Gasteiger partial charge on any atom is 0.305 e. The van der Waals surface area contributed by atoms with E-state index >= 15 is 0 Å². The van der Waals surface area contributed by atoms with E-state index in [1.807, 2.05) is 48.7 Å². The lowest BCUT2D eigenvalue weighted by molar-refractivity contribution is -0.136. The number of nitrogens with zero attached hydrogens (tertiary/aromatic N) is 5. The van der Waals surface area contributed by atoms with Gasteiger partial charge in [0.15, 0.2) is 11.5 Å². The molecule has 0 amide bonds. The van der Waals surface area contributed by atoms with Gasteiger partial charge in [0, 0.05) is 48.2 Å². The summed E-state index contributed by atoms with van der Waals surface area (Å²) >= 11 is 0. The van der Waals surface area contributed by atoms with Gasteiger partial charge in [-0.2, -0.15) is 0 Å². The van der Waals surface area contributed by atoms with Gasteiger partial charge in [-0.05, 0) is 37.1 Å². The number of rotatable bonds is 9. The summed E-state index contributed by atoms with van der Waals surface area (Å²) < 4.78 is 7.69. The third kappa shape index (κ3) is 5.53. The van der Waals surface area contributed by atoms with Gasteiger partial charge < -0.3 is 20.1 Å². The molecule has 198 valence electrons. The summed E-state index contributed by atoms with van der Waals surface area (Å²) in [6.07, 6.45) is 5.64. The third-order valence-corrected chi connectivity index (χ3v) is 6.98. The normalized spacial score (nSPS) is 13.7. The van der Waals surface area contributed by atoms with Crippen molar-refractivity contribution < 1.29 is 14.6 Å². The second-order valence-electron chi connectivity index (χ2n) is 9.64. The summed E-state index contributed by atoms with van der Waals surface area (Å²) in [5, 5.41) is 13.2. The second-order valence-corrected chi connectivity index (χ2v) is 9.64. The number of para-hydroxylation sites is 1. The van der Waals surface area contributed by atoms with E-state index < -0.39 is 5.97 Å². The predicted molar refractivity (Wildman–Crippen MR) is 151 cm³/mol. The molecule has 1 fully saturated rings. The molecule has 1 aliphatic rings. The highest BCUT2D eigenvalue weighted by molar-refractivity contribution is 5.78. The Labute approximate surface area is 226 Å². The van der Waals surface area contributed by atoms with Crippen molar-refractivity contribution in [2.45, 2.75) is 19.3 Å². The zero-order valence-corrected chi connectivity index (χ0v) is 21.6. The van der Waals surface area contributed by atoms with Gasteiger partial charge in [-0.3, -0.25) is 14.2 Å². The third-order valence-electron chi connectivity index (χ3n) is 6.98. The first kappa shape index (κ1) is 24.8. The van der Waals surface area contributed by atoms with Crippen LogP contribution in [0.1, 0.15) is 17.8 Å². The first-order chi connectivity index (χ1) is 19.1. The van der Waals surface area contributed by atoms with E-state index in [4.69, 9.17) is 24.8 Å². The molecule has 1 saturated heterocycles. The number of aliphatic carboxylic acids is 1. The van der Waals surface area contributed by atoms with Gasteiger partial charge in [-0.15, -0.1) is 0 Å². The van der Waals surface area contributed by atoms with Crippen LogP contribution in [0.25, 0.3) is 27.8 Å². The highest BCUT2D eigenvalue weighted by Gasteiger charge is 2.20. The number of hydrogen-bond acceptors (Lipinski definition) is 7. The van der Waals surface area contributed by atoms with E-state index in [1.165, 1.54) is 0 Å². The fourth-order valence-electron chi connectivity index (χ4n) is 4.92. The molecule has 9 heteroatoms. The standard InChI is InChI=1S/C30H30N6O3/c37-28(38)13-14-31-23-8-6-22(7-9-23)27-19-32-29(35-15-17-39-18-16-35)30-34-25(20-36(27)30)12-11-24-10-5-21-3-1-2-4-26(21)33-24/h1-10,19-20,31H,11-18H2,(H,37,38). The quantitative estimate of drug-likeness (QED) is 0.293. The van der Waals surface area contributed by atoms with Crippen LogP contribution < -0.4 is 10.2 Å². The Kier molecular flexibility index (Phi) is 7.05. The molecule has 0 atom stereocenters. The minimum atomic E-state index is -0.819. The molecule has 2 aromatic carbocycles. The summed E-state index contributed by atoms with van der Waals surface area (Å²) in [7, 11) is 0. The number of aromatic nitrogens is 4. The lowest BCUT2D eigenvalue weighted by Crippen LogP contribution is -2.37. The monoisotopic (exact) mass is 522 g/mol. The van der Waals surface area contributed by atoms with Gasteiger partial charge in [-0.1, -0.05) is 36.4 Å². The number of hydrogen-bond donors (Lipinski definition) is 2. The minimum absolute atomic E-state index is 0.0713. The molecule has 3 aromatic heterocycles. The summed E-state index contributed by atoms with van der Waals surface area (Å²) in [5.74, 6) is 0.0457. The first-order valence-corrected chi connectivity index (χ1v) is 13.2. The molecule has 0 unspecified atom stereocenters. The van der Waals surface area contributed by atoms with Gasteiger partial charge in [-0.25, -0.2) is 9.97 Å². The topological polar surface area (TPSA) is 105 Å². The van der Waals surface area contributed by atoms with E-state index in [1.54, 1.807) is 0 Å². The average Bonchev–Trinajstić information content (AvgIpc) is 3.40. The van der Waals surface area contributed by atoms with Crippen molar-refractivity contribution >= 4 is 34.0 Å². The Bertz CT molecular complexity index is 1610. The number of pyridine rings is 1. The maximum atomic E-state index is 10.8. The van der Waals surface area contributed by atoms with Crippen LogP contribution in [-0.4, -0.2) is 63.3 Å². The number of fused-ring (bicyclic) bond motifs is 2. The zero-order valence-electron chi connectivity index (χ0n) is 21.6. The Balaban J connectivity index is 1.29. The number of benzene rings is 2. The summed E-state index contributed by atoms with van der Waals surface area (Å²) in [6, 6.07) is 20.3.